The van der Waals surface area contributed by atoms with Crippen LogP contribution in [0.1, 0.15) is 22.4 Å². The molecule has 0 saturated heterocycles. The monoisotopic (exact) mass is 466 g/mol. The molecule has 0 bridgehead atoms. The van der Waals surface area contributed by atoms with E-state index in [9.17, 15) is 4.57 Å². The second-order valence-corrected chi connectivity index (χ2v) is 8.93. The van der Waals surface area contributed by atoms with Crippen molar-refractivity contribution in [1.29, 1.82) is 0 Å². The number of pyridine rings is 1. The van der Waals surface area contributed by atoms with Gasteiger partial charge in [0.15, 0.2) is 5.76 Å². The number of hydrogen-bond donors (Lipinski definition) is 3. The molecular weight excluding hydrogens is 441 g/mol. The Bertz CT molecular complexity index is 1250. The molecule has 170 valence electrons. The number of nitrogen functional groups attached to an aromatic ring is 1. The fourth-order valence-corrected chi connectivity index (χ4v) is 3.79. The largest absolute Gasteiger partial charge is 0.472 e. The fraction of sp³-hybridized carbons (Fsp3) is 0.167. The van der Waals surface area contributed by atoms with Crippen LogP contribution in [0.25, 0.3) is 11.3 Å². The van der Waals surface area contributed by atoms with Crippen molar-refractivity contribution in [2.24, 2.45) is 0 Å². The van der Waals surface area contributed by atoms with Crippen LogP contribution in [-0.4, -0.2) is 14.9 Å². The Morgan fingerprint density at radius 1 is 0.939 bits per heavy atom. The molecule has 8 nitrogen and oxygen atoms in total. The minimum atomic E-state index is -4.61. The highest BCUT2D eigenvalue weighted by Crippen LogP contribution is 2.35. The molecule has 0 unspecified atom stereocenters. The SMILES string of the molecule is Nc1c(-c2cc(Cc3ccc(CCc4ccccc4)cc3)no2)ccc[n+]1COP(=O)(O)O. The van der Waals surface area contributed by atoms with Crippen molar-refractivity contribution in [2.45, 2.75) is 26.0 Å². The van der Waals surface area contributed by atoms with Crippen LogP contribution in [0.3, 0.4) is 0 Å². The molecule has 2 aromatic heterocycles. The Balaban J connectivity index is 1.40. The normalized spacial score (nSPS) is 11.6. The molecule has 0 spiro atoms. The van der Waals surface area contributed by atoms with Gasteiger partial charge in [-0.15, -0.1) is 0 Å². The summed E-state index contributed by atoms with van der Waals surface area (Å²) in [4.78, 5) is 17.8. The Morgan fingerprint density at radius 2 is 1.61 bits per heavy atom. The van der Waals surface area contributed by atoms with Gasteiger partial charge in [0.2, 0.25) is 6.73 Å². The van der Waals surface area contributed by atoms with Crippen molar-refractivity contribution in [3.8, 4) is 11.3 Å². The Hall–Kier alpha value is -3.29. The molecule has 4 rings (SSSR count). The second kappa shape index (κ2) is 10.1. The maximum absolute atomic E-state index is 11.0. The Labute approximate surface area is 191 Å². The molecule has 0 aliphatic rings. The number of nitrogens with two attached hydrogens (primary N) is 1. The smallest absolute Gasteiger partial charge is 0.356 e. The molecule has 0 radical (unpaired) electrons. The zero-order chi connectivity index (χ0) is 23.3. The molecule has 2 heterocycles. The third kappa shape index (κ3) is 6.37. The maximum Gasteiger partial charge on any atom is 0.472 e. The summed E-state index contributed by atoms with van der Waals surface area (Å²) in [6.07, 6.45) is 4.16. The van der Waals surface area contributed by atoms with Crippen LogP contribution in [-0.2, 0) is 35.1 Å². The summed E-state index contributed by atoms with van der Waals surface area (Å²) < 4.78 is 22.3. The first kappa shape index (κ1) is 22.9. The second-order valence-electron chi connectivity index (χ2n) is 7.69. The zero-order valence-corrected chi connectivity index (χ0v) is 18.8. The van der Waals surface area contributed by atoms with Gasteiger partial charge in [-0.2, -0.15) is 0 Å². The molecule has 9 heteroatoms. The third-order valence-electron chi connectivity index (χ3n) is 5.26. The molecule has 0 aliphatic carbocycles. The molecule has 4 aromatic rings. The van der Waals surface area contributed by atoms with E-state index < -0.39 is 7.82 Å². The van der Waals surface area contributed by atoms with E-state index in [1.807, 2.05) is 12.1 Å². The molecule has 2 aromatic carbocycles. The van der Waals surface area contributed by atoms with E-state index >= 15 is 0 Å². The first-order valence-electron chi connectivity index (χ1n) is 10.4. The lowest BCUT2D eigenvalue weighted by atomic mass is 10.0. The number of aryl methyl sites for hydroxylation is 2. The van der Waals surface area contributed by atoms with Crippen LogP contribution in [0.4, 0.5) is 5.82 Å². The summed E-state index contributed by atoms with van der Waals surface area (Å²) >= 11 is 0. The third-order valence-corrected chi connectivity index (χ3v) is 5.71. The lowest BCUT2D eigenvalue weighted by Crippen LogP contribution is -2.38. The van der Waals surface area contributed by atoms with Gasteiger partial charge in [0.1, 0.15) is 5.56 Å². The topological polar surface area (TPSA) is 123 Å². The van der Waals surface area contributed by atoms with E-state index in [4.69, 9.17) is 20.0 Å². The average Bonchev–Trinajstić information content (AvgIpc) is 3.26. The van der Waals surface area contributed by atoms with Crippen LogP contribution in [0.2, 0.25) is 0 Å². The van der Waals surface area contributed by atoms with Crippen LogP contribution < -0.4 is 10.3 Å². The van der Waals surface area contributed by atoms with E-state index in [0.717, 1.165) is 24.1 Å². The summed E-state index contributed by atoms with van der Waals surface area (Å²) in [5, 5.41) is 4.15. The molecular formula is C24H25N3O5P+. The number of phosphoric ester groups is 1. The van der Waals surface area contributed by atoms with E-state index in [-0.39, 0.29) is 12.5 Å². The van der Waals surface area contributed by atoms with Crippen molar-refractivity contribution in [2.75, 3.05) is 5.73 Å². The molecule has 0 amide bonds. The van der Waals surface area contributed by atoms with Crippen LogP contribution >= 0.6 is 7.82 Å². The fourth-order valence-electron chi connectivity index (χ4n) is 3.51. The molecule has 4 N–H and O–H groups in total. The van der Waals surface area contributed by atoms with E-state index in [2.05, 4.69) is 58.2 Å². The number of anilines is 1. The highest BCUT2D eigenvalue weighted by molar-refractivity contribution is 7.46. The number of benzene rings is 2. The van der Waals surface area contributed by atoms with Gasteiger partial charge in [-0.05, 0) is 41.7 Å². The quantitative estimate of drug-likeness (QED) is 0.254. The summed E-state index contributed by atoms with van der Waals surface area (Å²) in [5.74, 6) is 0.712. The maximum atomic E-state index is 11.0. The highest BCUT2D eigenvalue weighted by atomic mass is 31.2. The Kier molecular flexibility index (Phi) is 7.01. The van der Waals surface area contributed by atoms with Crippen molar-refractivity contribution in [1.82, 2.24) is 5.16 Å². The average molecular weight is 466 g/mol. The summed E-state index contributed by atoms with van der Waals surface area (Å²) in [6, 6.07) is 24.1. The van der Waals surface area contributed by atoms with Crippen LogP contribution in [0, 0.1) is 0 Å². The van der Waals surface area contributed by atoms with E-state index in [1.165, 1.54) is 15.7 Å². The molecule has 0 saturated carbocycles. The minimum absolute atomic E-state index is 0.247. The standard InChI is InChI=1S/C24H24N3O5P/c25-24-22(7-4-14-27(24)17-31-33(28,29)30)23-16-21(26-32-23)15-20-12-10-19(11-13-20)9-8-18-5-2-1-3-6-18/h1-7,10-14,16,25H,8-9,15,17H2,(H2,28,29,30)/p+1. The lowest BCUT2D eigenvalue weighted by molar-refractivity contribution is -0.711. The van der Waals surface area contributed by atoms with Crippen LogP contribution in [0.5, 0.6) is 0 Å². The Morgan fingerprint density at radius 3 is 2.30 bits per heavy atom. The molecule has 33 heavy (non-hydrogen) atoms. The summed E-state index contributed by atoms with van der Waals surface area (Å²) in [6.45, 7) is -0.387. The molecule has 0 aliphatic heterocycles. The van der Waals surface area contributed by atoms with Gasteiger partial charge in [-0.3, -0.25) is 5.73 Å². The molecule has 0 fully saturated rings. The number of rotatable bonds is 9. The predicted molar refractivity (Wildman–Crippen MR) is 123 cm³/mol. The summed E-state index contributed by atoms with van der Waals surface area (Å²) in [7, 11) is -4.61. The van der Waals surface area contributed by atoms with Gasteiger partial charge in [0, 0.05) is 12.5 Å². The van der Waals surface area contributed by atoms with E-state index in [1.54, 1.807) is 18.3 Å². The minimum Gasteiger partial charge on any atom is -0.356 e. The highest BCUT2D eigenvalue weighted by Gasteiger charge is 2.20. The van der Waals surface area contributed by atoms with Gasteiger partial charge < -0.3 is 14.3 Å². The number of phosphoric acid groups is 1. The van der Waals surface area contributed by atoms with E-state index in [0.29, 0.717) is 17.7 Å². The zero-order valence-electron chi connectivity index (χ0n) is 17.9. The summed E-state index contributed by atoms with van der Waals surface area (Å²) in [5.41, 5.74) is 11.2. The number of hydrogen-bond acceptors (Lipinski definition) is 5. The van der Waals surface area contributed by atoms with Gasteiger partial charge in [0.25, 0.3) is 5.82 Å². The van der Waals surface area contributed by atoms with Gasteiger partial charge in [-0.25, -0.2) is 13.7 Å². The number of nitrogens with zero attached hydrogens (tertiary/aromatic N) is 2. The first-order valence-corrected chi connectivity index (χ1v) is 12.0. The van der Waals surface area contributed by atoms with Gasteiger partial charge in [-0.1, -0.05) is 59.8 Å². The van der Waals surface area contributed by atoms with Gasteiger partial charge in [0.05, 0.1) is 11.9 Å². The van der Waals surface area contributed by atoms with Crippen molar-refractivity contribution >= 4 is 13.6 Å². The van der Waals surface area contributed by atoms with Crippen LogP contribution in [0.15, 0.2) is 83.5 Å². The predicted octanol–water partition coefficient (Wildman–Crippen LogP) is 3.65. The van der Waals surface area contributed by atoms with Crippen molar-refractivity contribution < 1.29 is 28.0 Å². The first-order chi connectivity index (χ1) is 15.9. The van der Waals surface area contributed by atoms with Gasteiger partial charge >= 0.3 is 7.82 Å². The number of aromatic nitrogens is 2. The lowest BCUT2D eigenvalue weighted by Gasteiger charge is -2.07. The van der Waals surface area contributed by atoms with Crippen molar-refractivity contribution in [3.05, 3.63) is 101 Å². The van der Waals surface area contributed by atoms with Crippen molar-refractivity contribution in [3.63, 3.8) is 0 Å². The molecule has 0 atom stereocenters.